The normalized spacial score (nSPS) is 17.6. The number of nitrogens with zero attached hydrogens (tertiary/aromatic N) is 2. The molecule has 1 fully saturated rings. The van der Waals surface area contributed by atoms with E-state index < -0.39 is 15.8 Å². The molecule has 1 aliphatic heterocycles. The fourth-order valence-corrected chi connectivity index (χ4v) is 3.72. The summed E-state index contributed by atoms with van der Waals surface area (Å²) in [5.74, 6) is -1.26. The van der Waals surface area contributed by atoms with Crippen LogP contribution in [0.15, 0.2) is 23.4 Å². The second kappa shape index (κ2) is 6.48. The Bertz CT molecular complexity index is 612. The average molecular weight is 316 g/mol. The average Bonchev–Trinajstić information content (AvgIpc) is 2.47. The molecule has 1 aromatic heterocycles. The lowest BCUT2D eigenvalue weighted by atomic mass is 9.98. The van der Waals surface area contributed by atoms with Gasteiger partial charge in [-0.15, -0.1) is 0 Å². The van der Waals surface area contributed by atoms with E-state index in [-0.39, 0.29) is 29.9 Å². The number of aromatic nitrogens is 1. The van der Waals surface area contributed by atoms with E-state index in [1.54, 1.807) is 6.92 Å². The zero-order valence-corrected chi connectivity index (χ0v) is 12.5. The number of sulfonamides is 1. The molecule has 0 spiro atoms. The molecule has 0 unspecified atom stereocenters. The molecule has 21 heavy (non-hydrogen) atoms. The number of ether oxygens (including phenoxy) is 1. The first kappa shape index (κ1) is 15.8. The largest absolute Gasteiger partial charge is 0.466 e. The zero-order valence-electron chi connectivity index (χ0n) is 11.7. The van der Waals surface area contributed by atoms with Gasteiger partial charge in [0.15, 0.2) is 0 Å². The molecule has 0 aliphatic carbocycles. The number of piperidine rings is 1. The first-order valence-corrected chi connectivity index (χ1v) is 8.16. The highest BCUT2D eigenvalue weighted by Gasteiger charge is 2.32. The fourth-order valence-electron chi connectivity index (χ4n) is 2.27. The van der Waals surface area contributed by atoms with Crippen LogP contribution in [0.1, 0.15) is 19.8 Å². The van der Waals surface area contributed by atoms with Crippen molar-refractivity contribution in [3.63, 3.8) is 0 Å². The summed E-state index contributed by atoms with van der Waals surface area (Å²) in [6, 6.07) is 0.944. The smallest absolute Gasteiger partial charge is 0.309 e. The highest BCUT2D eigenvalue weighted by molar-refractivity contribution is 7.89. The summed E-state index contributed by atoms with van der Waals surface area (Å²) >= 11 is 0. The summed E-state index contributed by atoms with van der Waals surface area (Å²) in [5.41, 5.74) is 0. The van der Waals surface area contributed by atoms with Gasteiger partial charge >= 0.3 is 5.97 Å². The monoisotopic (exact) mass is 316 g/mol. The highest BCUT2D eigenvalue weighted by Crippen LogP contribution is 2.24. The number of esters is 1. The van der Waals surface area contributed by atoms with Gasteiger partial charge in [0, 0.05) is 19.3 Å². The maximum absolute atomic E-state index is 13.1. The summed E-state index contributed by atoms with van der Waals surface area (Å²) in [7, 11) is -3.77. The number of halogens is 1. The van der Waals surface area contributed by atoms with E-state index in [0.29, 0.717) is 19.4 Å². The van der Waals surface area contributed by atoms with E-state index in [2.05, 4.69) is 4.98 Å². The summed E-state index contributed by atoms with van der Waals surface area (Å²) in [6.07, 6.45) is 2.88. The molecule has 0 atom stereocenters. The molecule has 1 aliphatic rings. The number of rotatable bonds is 4. The van der Waals surface area contributed by atoms with Gasteiger partial charge in [0.25, 0.3) is 0 Å². The standard InChI is InChI=1S/C13H17FN2O4S/c1-2-20-13(17)10-3-5-16(6-4-10)21(18,19)12-7-11(14)8-15-9-12/h7-10H,2-6H2,1H3. The van der Waals surface area contributed by atoms with Gasteiger partial charge in [0.2, 0.25) is 10.0 Å². The number of hydrogen-bond donors (Lipinski definition) is 0. The summed E-state index contributed by atoms with van der Waals surface area (Å²) in [4.78, 5) is 15.0. The second-order valence-electron chi connectivity index (χ2n) is 4.77. The Morgan fingerprint density at radius 1 is 1.43 bits per heavy atom. The first-order chi connectivity index (χ1) is 9.95. The second-order valence-corrected chi connectivity index (χ2v) is 6.71. The van der Waals surface area contributed by atoms with Crippen LogP contribution < -0.4 is 0 Å². The number of hydrogen-bond acceptors (Lipinski definition) is 5. The summed E-state index contributed by atoms with van der Waals surface area (Å²) < 4.78 is 44.0. The van der Waals surface area contributed by atoms with Gasteiger partial charge in [-0.1, -0.05) is 0 Å². The van der Waals surface area contributed by atoms with Crippen molar-refractivity contribution in [1.82, 2.24) is 9.29 Å². The summed E-state index contributed by atoms with van der Waals surface area (Å²) in [6.45, 7) is 2.46. The molecule has 0 N–H and O–H groups in total. The van der Waals surface area contributed by atoms with Crippen molar-refractivity contribution < 1.29 is 22.3 Å². The van der Waals surface area contributed by atoms with E-state index in [0.717, 1.165) is 18.5 Å². The molecule has 8 heteroatoms. The molecule has 2 rings (SSSR count). The molecule has 0 bridgehead atoms. The van der Waals surface area contributed by atoms with Crippen LogP contribution in [0, 0.1) is 11.7 Å². The molecule has 0 amide bonds. The number of carbonyl (C=O) groups is 1. The minimum Gasteiger partial charge on any atom is -0.466 e. The van der Waals surface area contributed by atoms with Gasteiger partial charge in [-0.2, -0.15) is 4.31 Å². The van der Waals surface area contributed by atoms with Crippen molar-refractivity contribution in [2.45, 2.75) is 24.7 Å². The Labute approximate surface area is 123 Å². The van der Waals surface area contributed by atoms with Crippen LogP contribution in [0.2, 0.25) is 0 Å². The molecule has 2 heterocycles. The van der Waals surface area contributed by atoms with Gasteiger partial charge < -0.3 is 4.74 Å². The molecule has 0 aromatic carbocycles. The zero-order chi connectivity index (χ0) is 15.5. The van der Waals surface area contributed by atoms with Crippen LogP contribution in [-0.4, -0.2) is 43.4 Å². The quantitative estimate of drug-likeness (QED) is 0.780. The van der Waals surface area contributed by atoms with E-state index >= 15 is 0 Å². The Kier molecular flexibility index (Phi) is 4.89. The van der Waals surface area contributed by atoms with Crippen LogP contribution in [0.3, 0.4) is 0 Å². The van der Waals surface area contributed by atoms with Crippen molar-refractivity contribution in [3.05, 3.63) is 24.3 Å². The Morgan fingerprint density at radius 3 is 2.67 bits per heavy atom. The van der Waals surface area contributed by atoms with Crippen molar-refractivity contribution in [1.29, 1.82) is 0 Å². The van der Waals surface area contributed by atoms with Gasteiger partial charge in [-0.05, 0) is 25.8 Å². The number of carbonyl (C=O) groups excluding carboxylic acids is 1. The lowest BCUT2D eigenvalue weighted by Crippen LogP contribution is -2.40. The van der Waals surface area contributed by atoms with Crippen molar-refractivity contribution in [2.24, 2.45) is 5.92 Å². The highest BCUT2D eigenvalue weighted by atomic mass is 32.2. The fraction of sp³-hybridized carbons (Fsp3) is 0.538. The minimum atomic E-state index is -3.77. The summed E-state index contributed by atoms with van der Waals surface area (Å²) in [5, 5.41) is 0. The topological polar surface area (TPSA) is 76.6 Å². The van der Waals surface area contributed by atoms with Crippen LogP contribution in [0.25, 0.3) is 0 Å². The van der Waals surface area contributed by atoms with Gasteiger partial charge in [-0.25, -0.2) is 12.8 Å². The van der Waals surface area contributed by atoms with Crippen LogP contribution >= 0.6 is 0 Å². The van der Waals surface area contributed by atoms with Gasteiger partial charge in [0.1, 0.15) is 10.7 Å². The molecule has 1 aromatic rings. The lowest BCUT2D eigenvalue weighted by molar-refractivity contribution is -0.149. The minimum absolute atomic E-state index is 0.169. The third-order valence-corrected chi connectivity index (χ3v) is 5.26. The van der Waals surface area contributed by atoms with Crippen molar-refractivity contribution in [3.8, 4) is 0 Å². The van der Waals surface area contributed by atoms with E-state index in [1.807, 2.05) is 0 Å². The maximum atomic E-state index is 13.1. The number of pyridine rings is 1. The van der Waals surface area contributed by atoms with Crippen LogP contribution in [-0.2, 0) is 19.6 Å². The van der Waals surface area contributed by atoms with Gasteiger partial charge in [-0.3, -0.25) is 9.78 Å². The first-order valence-electron chi connectivity index (χ1n) is 6.72. The molecule has 1 saturated heterocycles. The van der Waals surface area contributed by atoms with Crippen LogP contribution in [0.4, 0.5) is 4.39 Å². The third kappa shape index (κ3) is 3.56. The van der Waals surface area contributed by atoms with Crippen LogP contribution in [0.5, 0.6) is 0 Å². The molecule has 6 nitrogen and oxygen atoms in total. The van der Waals surface area contributed by atoms with E-state index in [1.165, 1.54) is 4.31 Å². The Balaban J connectivity index is 2.06. The predicted octanol–water partition coefficient (Wildman–Crippen LogP) is 1.18. The Hall–Kier alpha value is -1.54. The third-order valence-electron chi connectivity index (χ3n) is 3.39. The SMILES string of the molecule is CCOC(=O)C1CCN(S(=O)(=O)c2cncc(F)c2)CC1. The maximum Gasteiger partial charge on any atom is 0.309 e. The Morgan fingerprint density at radius 2 is 2.10 bits per heavy atom. The van der Waals surface area contributed by atoms with Gasteiger partial charge in [0.05, 0.1) is 18.7 Å². The molecule has 0 saturated carbocycles. The van der Waals surface area contributed by atoms with Crippen molar-refractivity contribution >= 4 is 16.0 Å². The van der Waals surface area contributed by atoms with E-state index in [9.17, 15) is 17.6 Å². The van der Waals surface area contributed by atoms with E-state index in [4.69, 9.17) is 4.74 Å². The molecular formula is C13H17FN2O4S. The molecule has 0 radical (unpaired) electrons. The van der Waals surface area contributed by atoms with Crippen molar-refractivity contribution in [2.75, 3.05) is 19.7 Å². The predicted molar refractivity (Wildman–Crippen MR) is 72.3 cm³/mol. The molecule has 116 valence electrons. The lowest BCUT2D eigenvalue weighted by Gasteiger charge is -2.29. The molecular weight excluding hydrogens is 299 g/mol.